The van der Waals surface area contributed by atoms with Gasteiger partial charge in [-0.05, 0) is 37.5 Å². The molecule has 1 amide bonds. The van der Waals surface area contributed by atoms with Crippen molar-refractivity contribution in [3.63, 3.8) is 0 Å². The lowest BCUT2D eigenvalue weighted by Crippen LogP contribution is -2.41. The van der Waals surface area contributed by atoms with Crippen molar-refractivity contribution in [2.75, 3.05) is 25.9 Å². The van der Waals surface area contributed by atoms with Crippen LogP contribution in [0, 0.1) is 5.82 Å². The van der Waals surface area contributed by atoms with E-state index in [9.17, 15) is 17.6 Å². The topological polar surface area (TPSA) is 57.7 Å². The number of carbonyl (C=O) groups excluding carboxylic acids is 1. The van der Waals surface area contributed by atoms with E-state index < -0.39 is 10.0 Å². The molecule has 0 bridgehead atoms. The van der Waals surface area contributed by atoms with Crippen LogP contribution in [-0.2, 0) is 14.8 Å². The molecule has 1 heterocycles. The van der Waals surface area contributed by atoms with Crippen LogP contribution in [0.25, 0.3) is 0 Å². The number of amides is 1. The lowest BCUT2D eigenvalue weighted by Gasteiger charge is -2.27. The largest absolute Gasteiger partial charge is 0.335 e. The predicted molar refractivity (Wildman–Crippen MR) is 82.2 cm³/mol. The highest BCUT2D eigenvalue weighted by Crippen LogP contribution is 2.32. The first kappa shape index (κ1) is 16.9. The molecule has 22 heavy (non-hydrogen) atoms. The van der Waals surface area contributed by atoms with Gasteiger partial charge in [0.05, 0.1) is 18.3 Å². The van der Waals surface area contributed by atoms with E-state index in [1.807, 2.05) is 0 Å². The summed E-state index contributed by atoms with van der Waals surface area (Å²) in [7, 11) is -1.96. The summed E-state index contributed by atoms with van der Waals surface area (Å²) < 4.78 is 37.6. The first-order valence-electron chi connectivity index (χ1n) is 7.34. The lowest BCUT2D eigenvalue weighted by molar-refractivity contribution is -0.132. The number of carbonyl (C=O) groups is 1. The molecule has 0 radical (unpaired) electrons. The minimum absolute atomic E-state index is 0.0296. The summed E-state index contributed by atoms with van der Waals surface area (Å²) in [4.78, 5) is 14.1. The molecular formula is C15H21FN2O3S. The maximum atomic E-state index is 13.0. The van der Waals surface area contributed by atoms with E-state index >= 15 is 0 Å². The van der Waals surface area contributed by atoms with Crippen LogP contribution in [0.5, 0.6) is 0 Å². The maximum Gasteiger partial charge on any atom is 0.238 e. The first-order chi connectivity index (χ1) is 10.3. The van der Waals surface area contributed by atoms with E-state index in [0.29, 0.717) is 6.54 Å². The Morgan fingerprint density at radius 1 is 1.36 bits per heavy atom. The van der Waals surface area contributed by atoms with Gasteiger partial charge in [0.1, 0.15) is 5.82 Å². The zero-order valence-corrected chi connectivity index (χ0v) is 13.6. The summed E-state index contributed by atoms with van der Waals surface area (Å²) in [5, 5.41) is 0. The molecule has 0 aliphatic carbocycles. The summed E-state index contributed by atoms with van der Waals surface area (Å²) in [6.07, 6.45) is 1.67. The third-order valence-corrected chi connectivity index (χ3v) is 5.83. The van der Waals surface area contributed by atoms with E-state index in [0.717, 1.165) is 22.7 Å². The van der Waals surface area contributed by atoms with Crippen LogP contribution in [0.3, 0.4) is 0 Å². The van der Waals surface area contributed by atoms with Crippen molar-refractivity contribution in [1.82, 2.24) is 9.21 Å². The van der Waals surface area contributed by atoms with E-state index in [4.69, 9.17) is 0 Å². The Bertz CT molecular complexity index is 631. The summed E-state index contributed by atoms with van der Waals surface area (Å²) >= 11 is 0. The van der Waals surface area contributed by atoms with E-state index in [1.165, 1.54) is 19.2 Å². The highest BCUT2D eigenvalue weighted by atomic mass is 32.2. The second-order valence-electron chi connectivity index (χ2n) is 5.45. The standard InChI is InChI=1S/C15H21FN2O3S/c1-3-22(20,21)17(2)11-15(19)18-10-4-5-14(18)12-6-8-13(16)9-7-12/h6-9,14H,3-5,10-11H2,1-2H3/t14-/m1/s1. The summed E-state index contributed by atoms with van der Waals surface area (Å²) in [5.74, 6) is -0.558. The van der Waals surface area contributed by atoms with Crippen molar-refractivity contribution in [3.8, 4) is 0 Å². The Balaban J connectivity index is 2.10. The molecule has 1 aromatic carbocycles. The van der Waals surface area contributed by atoms with Crippen LogP contribution in [0.1, 0.15) is 31.4 Å². The summed E-state index contributed by atoms with van der Waals surface area (Å²) in [6, 6.07) is 6.01. The second kappa shape index (κ2) is 6.75. The Morgan fingerprint density at radius 3 is 2.59 bits per heavy atom. The normalized spacial score (nSPS) is 18.9. The quantitative estimate of drug-likeness (QED) is 0.828. The van der Waals surface area contributed by atoms with E-state index in [-0.39, 0.29) is 30.1 Å². The molecule has 0 N–H and O–H groups in total. The molecular weight excluding hydrogens is 307 g/mol. The number of halogens is 1. The molecule has 1 aliphatic rings. The van der Waals surface area contributed by atoms with E-state index in [1.54, 1.807) is 24.0 Å². The highest BCUT2D eigenvalue weighted by molar-refractivity contribution is 7.89. The van der Waals surface area contributed by atoms with Crippen LogP contribution in [0.15, 0.2) is 24.3 Å². The number of nitrogens with zero attached hydrogens (tertiary/aromatic N) is 2. The predicted octanol–water partition coefficient (Wildman–Crippen LogP) is 1.77. The highest BCUT2D eigenvalue weighted by Gasteiger charge is 2.31. The van der Waals surface area contributed by atoms with Gasteiger partial charge in [-0.25, -0.2) is 12.8 Å². The average Bonchev–Trinajstić information content (AvgIpc) is 2.97. The van der Waals surface area contributed by atoms with Crippen molar-refractivity contribution in [2.45, 2.75) is 25.8 Å². The molecule has 0 unspecified atom stereocenters. The minimum atomic E-state index is -3.37. The zero-order valence-electron chi connectivity index (χ0n) is 12.8. The Morgan fingerprint density at radius 2 is 2.00 bits per heavy atom. The molecule has 7 heteroatoms. The van der Waals surface area contributed by atoms with Crippen molar-refractivity contribution in [2.24, 2.45) is 0 Å². The van der Waals surface area contributed by atoms with Crippen molar-refractivity contribution in [3.05, 3.63) is 35.6 Å². The monoisotopic (exact) mass is 328 g/mol. The molecule has 0 spiro atoms. The van der Waals surface area contributed by atoms with Crippen LogP contribution in [-0.4, -0.2) is 49.4 Å². The molecule has 122 valence electrons. The van der Waals surface area contributed by atoms with Crippen molar-refractivity contribution in [1.29, 1.82) is 0 Å². The smallest absolute Gasteiger partial charge is 0.238 e. The number of likely N-dealkylation sites (N-methyl/N-ethyl adjacent to an activating group) is 1. The molecule has 0 aromatic heterocycles. The van der Waals surface area contributed by atoms with Crippen LogP contribution in [0.4, 0.5) is 4.39 Å². The van der Waals surface area contributed by atoms with Gasteiger partial charge < -0.3 is 4.90 Å². The van der Waals surface area contributed by atoms with Crippen molar-refractivity contribution >= 4 is 15.9 Å². The fourth-order valence-corrected chi connectivity index (χ4v) is 3.44. The summed E-state index contributed by atoms with van der Waals surface area (Å²) in [5.41, 5.74) is 0.883. The van der Waals surface area contributed by atoms with Crippen LogP contribution < -0.4 is 0 Å². The zero-order chi connectivity index (χ0) is 16.3. The molecule has 2 rings (SSSR count). The lowest BCUT2D eigenvalue weighted by atomic mass is 10.0. The van der Waals surface area contributed by atoms with Gasteiger partial charge in [-0.2, -0.15) is 4.31 Å². The number of likely N-dealkylation sites (tertiary alicyclic amines) is 1. The van der Waals surface area contributed by atoms with Gasteiger partial charge in [-0.1, -0.05) is 12.1 Å². The number of sulfonamides is 1. The van der Waals surface area contributed by atoms with Gasteiger partial charge in [0, 0.05) is 13.6 Å². The maximum absolute atomic E-state index is 13.0. The van der Waals surface area contributed by atoms with Gasteiger partial charge in [0.2, 0.25) is 15.9 Å². The molecule has 1 fully saturated rings. The van der Waals surface area contributed by atoms with Crippen molar-refractivity contribution < 1.29 is 17.6 Å². The third kappa shape index (κ3) is 3.64. The Kier molecular flexibility index (Phi) is 5.18. The number of rotatable bonds is 5. The third-order valence-electron chi connectivity index (χ3n) is 4.03. The second-order valence-corrected chi connectivity index (χ2v) is 7.82. The molecule has 1 aliphatic heterocycles. The number of benzene rings is 1. The van der Waals surface area contributed by atoms with Gasteiger partial charge in [0.25, 0.3) is 0 Å². The number of hydrogen-bond donors (Lipinski definition) is 0. The SMILES string of the molecule is CCS(=O)(=O)N(C)CC(=O)N1CCC[C@@H]1c1ccc(F)cc1. The molecule has 0 saturated carbocycles. The molecule has 1 aromatic rings. The van der Waals surface area contributed by atoms with Gasteiger partial charge in [-0.15, -0.1) is 0 Å². The van der Waals surface area contributed by atoms with Crippen LogP contribution in [0.2, 0.25) is 0 Å². The Labute approximate surface area is 130 Å². The van der Waals surface area contributed by atoms with Crippen LogP contribution >= 0.6 is 0 Å². The molecule has 1 atom stereocenters. The Hall–Kier alpha value is -1.47. The van der Waals surface area contributed by atoms with Gasteiger partial charge >= 0.3 is 0 Å². The molecule has 5 nitrogen and oxygen atoms in total. The van der Waals surface area contributed by atoms with Gasteiger partial charge in [-0.3, -0.25) is 4.79 Å². The fourth-order valence-electron chi connectivity index (χ4n) is 2.70. The first-order valence-corrected chi connectivity index (χ1v) is 8.95. The minimum Gasteiger partial charge on any atom is -0.335 e. The van der Waals surface area contributed by atoms with E-state index in [2.05, 4.69) is 0 Å². The number of hydrogen-bond acceptors (Lipinski definition) is 3. The average molecular weight is 328 g/mol. The van der Waals surface area contributed by atoms with Gasteiger partial charge in [0.15, 0.2) is 0 Å². The molecule has 1 saturated heterocycles. The summed E-state index contributed by atoms with van der Waals surface area (Å²) in [6.45, 7) is 1.99. The fraction of sp³-hybridized carbons (Fsp3) is 0.533.